The van der Waals surface area contributed by atoms with E-state index in [9.17, 15) is 9.59 Å². The highest BCUT2D eigenvalue weighted by Crippen LogP contribution is 2.25. The van der Waals surface area contributed by atoms with Crippen LogP contribution in [0.1, 0.15) is 55.4 Å². The largest absolute Gasteiger partial charge is 0.350 e. The molecule has 0 aliphatic carbocycles. The Labute approximate surface area is 191 Å². The van der Waals surface area contributed by atoms with Crippen LogP contribution in [-0.2, 0) is 35.6 Å². The lowest BCUT2D eigenvalue weighted by Gasteiger charge is -2.36. The standard InChI is InChI=1S/C27H35N3O2/c1-20(2)15-26(31)30-19-24-12-5-3-9-21(24)16-25(30)27(32)28-17-22-10-4-6-11-23(22)18-29-13-7-8-14-29/h3-6,9-12,20,25H,7-8,13-19H2,1-2H3,(H,28,32). The lowest BCUT2D eigenvalue weighted by Crippen LogP contribution is -2.52. The number of hydrogen-bond donors (Lipinski definition) is 1. The maximum atomic E-state index is 13.3. The molecule has 5 nitrogen and oxygen atoms in total. The normalized spacial score (nSPS) is 18.6. The Kier molecular flexibility index (Phi) is 7.26. The van der Waals surface area contributed by atoms with Crippen molar-refractivity contribution in [3.63, 3.8) is 0 Å². The van der Waals surface area contributed by atoms with Crippen LogP contribution < -0.4 is 5.32 Å². The number of amides is 2. The molecule has 1 saturated heterocycles. The zero-order valence-corrected chi connectivity index (χ0v) is 19.3. The summed E-state index contributed by atoms with van der Waals surface area (Å²) in [5, 5.41) is 3.15. The number of fused-ring (bicyclic) bond motifs is 1. The van der Waals surface area contributed by atoms with Crippen LogP contribution in [0.15, 0.2) is 48.5 Å². The summed E-state index contributed by atoms with van der Waals surface area (Å²) in [4.78, 5) is 30.6. The van der Waals surface area contributed by atoms with Crippen molar-refractivity contribution >= 4 is 11.8 Å². The van der Waals surface area contributed by atoms with E-state index in [1.165, 1.54) is 18.4 Å². The van der Waals surface area contributed by atoms with E-state index in [4.69, 9.17) is 0 Å². The van der Waals surface area contributed by atoms with E-state index < -0.39 is 6.04 Å². The van der Waals surface area contributed by atoms with Crippen LogP contribution >= 0.6 is 0 Å². The molecule has 2 aromatic carbocycles. The van der Waals surface area contributed by atoms with E-state index >= 15 is 0 Å². The maximum Gasteiger partial charge on any atom is 0.243 e. The number of benzene rings is 2. The third kappa shape index (κ3) is 5.39. The van der Waals surface area contributed by atoms with Gasteiger partial charge in [-0.2, -0.15) is 0 Å². The summed E-state index contributed by atoms with van der Waals surface area (Å²) in [6.07, 6.45) is 3.57. The zero-order valence-electron chi connectivity index (χ0n) is 19.3. The van der Waals surface area contributed by atoms with Gasteiger partial charge in [-0.05, 0) is 54.1 Å². The van der Waals surface area contributed by atoms with Gasteiger partial charge in [0.1, 0.15) is 6.04 Å². The van der Waals surface area contributed by atoms with E-state index in [2.05, 4.69) is 40.5 Å². The van der Waals surface area contributed by atoms with Crippen LogP contribution in [-0.4, -0.2) is 40.7 Å². The Balaban J connectivity index is 1.47. The number of carbonyl (C=O) groups excluding carboxylic acids is 2. The van der Waals surface area contributed by atoms with Gasteiger partial charge in [-0.15, -0.1) is 0 Å². The van der Waals surface area contributed by atoms with E-state index in [0.29, 0.717) is 25.9 Å². The van der Waals surface area contributed by atoms with Crippen LogP contribution in [0, 0.1) is 5.92 Å². The van der Waals surface area contributed by atoms with Gasteiger partial charge in [-0.25, -0.2) is 0 Å². The predicted octanol–water partition coefficient (Wildman–Crippen LogP) is 3.90. The highest BCUT2D eigenvalue weighted by Gasteiger charge is 2.34. The van der Waals surface area contributed by atoms with Gasteiger partial charge in [-0.3, -0.25) is 14.5 Å². The van der Waals surface area contributed by atoms with Gasteiger partial charge in [0.25, 0.3) is 0 Å². The van der Waals surface area contributed by atoms with Crippen molar-refractivity contribution in [2.45, 2.75) is 65.2 Å². The van der Waals surface area contributed by atoms with Crippen LogP contribution in [0.2, 0.25) is 0 Å². The van der Waals surface area contributed by atoms with Gasteiger partial charge in [0, 0.05) is 32.5 Å². The van der Waals surface area contributed by atoms with Crippen LogP contribution in [0.5, 0.6) is 0 Å². The Morgan fingerprint density at radius 2 is 1.62 bits per heavy atom. The molecule has 4 rings (SSSR count). The van der Waals surface area contributed by atoms with Crippen LogP contribution in [0.25, 0.3) is 0 Å². The second-order valence-electron chi connectivity index (χ2n) is 9.58. The van der Waals surface area contributed by atoms with E-state index in [1.54, 1.807) is 4.90 Å². The molecule has 2 aliphatic rings. The van der Waals surface area contributed by atoms with Gasteiger partial charge in [0.05, 0.1) is 0 Å². The third-order valence-corrected chi connectivity index (χ3v) is 6.62. The number of rotatable bonds is 7. The lowest BCUT2D eigenvalue weighted by atomic mass is 9.92. The number of nitrogens with zero attached hydrogens (tertiary/aromatic N) is 2. The molecular formula is C27H35N3O2. The highest BCUT2D eigenvalue weighted by molar-refractivity contribution is 5.88. The van der Waals surface area contributed by atoms with E-state index in [0.717, 1.165) is 36.3 Å². The summed E-state index contributed by atoms with van der Waals surface area (Å²) in [6.45, 7) is 8.31. The topological polar surface area (TPSA) is 52.7 Å². The first-order chi connectivity index (χ1) is 15.5. The first-order valence-electron chi connectivity index (χ1n) is 11.9. The van der Waals surface area contributed by atoms with Gasteiger partial charge in [0.15, 0.2) is 0 Å². The molecule has 0 radical (unpaired) electrons. The fraction of sp³-hybridized carbons (Fsp3) is 0.481. The summed E-state index contributed by atoms with van der Waals surface area (Å²) in [5.41, 5.74) is 4.74. The number of likely N-dealkylation sites (tertiary alicyclic amines) is 1. The van der Waals surface area contributed by atoms with Crippen molar-refractivity contribution in [1.82, 2.24) is 15.1 Å². The van der Waals surface area contributed by atoms with Gasteiger partial charge >= 0.3 is 0 Å². The second-order valence-corrected chi connectivity index (χ2v) is 9.58. The number of hydrogen-bond acceptors (Lipinski definition) is 3. The average Bonchev–Trinajstić information content (AvgIpc) is 3.30. The molecule has 2 heterocycles. The molecule has 2 aliphatic heterocycles. The van der Waals surface area contributed by atoms with Gasteiger partial charge < -0.3 is 10.2 Å². The summed E-state index contributed by atoms with van der Waals surface area (Å²) in [7, 11) is 0. The van der Waals surface area contributed by atoms with Crippen molar-refractivity contribution in [3.8, 4) is 0 Å². The smallest absolute Gasteiger partial charge is 0.243 e. The third-order valence-electron chi connectivity index (χ3n) is 6.62. The first-order valence-corrected chi connectivity index (χ1v) is 11.9. The molecule has 170 valence electrons. The molecule has 0 saturated carbocycles. The van der Waals surface area contributed by atoms with Crippen molar-refractivity contribution in [2.75, 3.05) is 13.1 Å². The summed E-state index contributed by atoms with van der Waals surface area (Å²) >= 11 is 0. The number of nitrogens with one attached hydrogen (secondary N) is 1. The predicted molar refractivity (Wildman–Crippen MR) is 127 cm³/mol. The Bertz CT molecular complexity index is 949. The Morgan fingerprint density at radius 3 is 2.34 bits per heavy atom. The minimum atomic E-state index is -0.457. The highest BCUT2D eigenvalue weighted by atomic mass is 16.2. The minimum Gasteiger partial charge on any atom is -0.350 e. The molecule has 0 bridgehead atoms. The van der Waals surface area contributed by atoms with Crippen molar-refractivity contribution in [2.24, 2.45) is 5.92 Å². The quantitative estimate of drug-likeness (QED) is 0.721. The molecule has 1 N–H and O–H groups in total. The molecule has 2 amide bonds. The summed E-state index contributed by atoms with van der Waals surface area (Å²) < 4.78 is 0. The molecule has 32 heavy (non-hydrogen) atoms. The Hall–Kier alpha value is -2.66. The molecule has 0 aromatic heterocycles. The number of carbonyl (C=O) groups is 2. The lowest BCUT2D eigenvalue weighted by molar-refractivity contribution is -0.142. The van der Waals surface area contributed by atoms with Gasteiger partial charge in [0.2, 0.25) is 11.8 Å². The van der Waals surface area contributed by atoms with Crippen LogP contribution in [0.3, 0.4) is 0 Å². The monoisotopic (exact) mass is 433 g/mol. The maximum absolute atomic E-state index is 13.3. The Morgan fingerprint density at radius 1 is 0.969 bits per heavy atom. The fourth-order valence-corrected chi connectivity index (χ4v) is 4.85. The summed E-state index contributed by atoms with van der Waals surface area (Å²) in [5.74, 6) is 0.262. The van der Waals surface area contributed by atoms with E-state index in [-0.39, 0.29) is 17.7 Å². The molecule has 1 atom stereocenters. The molecule has 1 fully saturated rings. The van der Waals surface area contributed by atoms with Crippen molar-refractivity contribution in [3.05, 3.63) is 70.8 Å². The molecule has 1 unspecified atom stereocenters. The molecule has 0 spiro atoms. The second kappa shape index (κ2) is 10.3. The minimum absolute atomic E-state index is 0.0593. The zero-order chi connectivity index (χ0) is 22.5. The molecule has 2 aromatic rings. The average molecular weight is 434 g/mol. The van der Waals surface area contributed by atoms with Gasteiger partial charge in [-0.1, -0.05) is 62.4 Å². The van der Waals surface area contributed by atoms with Crippen molar-refractivity contribution in [1.29, 1.82) is 0 Å². The fourth-order valence-electron chi connectivity index (χ4n) is 4.85. The first kappa shape index (κ1) is 22.5. The molecule has 5 heteroatoms. The molecular weight excluding hydrogens is 398 g/mol. The van der Waals surface area contributed by atoms with E-state index in [1.807, 2.05) is 32.0 Å². The summed E-state index contributed by atoms with van der Waals surface area (Å²) in [6, 6.07) is 16.1. The van der Waals surface area contributed by atoms with Crippen molar-refractivity contribution < 1.29 is 9.59 Å². The SMILES string of the molecule is CC(C)CC(=O)N1Cc2ccccc2CC1C(=O)NCc1ccccc1CN1CCCC1. The van der Waals surface area contributed by atoms with Crippen LogP contribution in [0.4, 0.5) is 0 Å².